The third-order valence-electron chi connectivity index (χ3n) is 7.02. The number of hydrogen-bond acceptors (Lipinski definition) is 8. The summed E-state index contributed by atoms with van der Waals surface area (Å²) in [5.41, 5.74) is 2.32. The minimum Gasteiger partial charge on any atom is -0.457 e. The number of benzene rings is 3. The molecule has 1 aliphatic heterocycles. The quantitative estimate of drug-likeness (QED) is 0.165. The van der Waals surface area contributed by atoms with Crippen LogP contribution >= 0.6 is 11.8 Å². The first kappa shape index (κ1) is 33.3. The molecule has 2 N–H and O–H groups in total. The summed E-state index contributed by atoms with van der Waals surface area (Å²) in [6.07, 6.45) is -1.88. The van der Waals surface area contributed by atoms with E-state index in [0.29, 0.717) is 11.3 Å². The molecule has 0 aliphatic carbocycles. The molecular weight excluding hydrogens is 594 g/mol. The van der Waals surface area contributed by atoms with Crippen LogP contribution in [0.4, 0.5) is 4.79 Å². The summed E-state index contributed by atoms with van der Waals surface area (Å²) in [5, 5.41) is 5.51. The van der Waals surface area contributed by atoms with Crippen molar-refractivity contribution in [1.82, 2.24) is 15.5 Å². The lowest BCUT2D eigenvalue weighted by Gasteiger charge is -2.30. The lowest BCUT2D eigenvalue weighted by Crippen LogP contribution is -2.57. The van der Waals surface area contributed by atoms with Crippen LogP contribution in [0.5, 0.6) is 0 Å². The Hall–Kier alpha value is -4.64. The van der Waals surface area contributed by atoms with Crippen LogP contribution in [0.25, 0.3) is 0 Å². The molecule has 0 radical (unpaired) electrons. The van der Waals surface area contributed by atoms with Crippen LogP contribution in [-0.2, 0) is 48.1 Å². The van der Waals surface area contributed by atoms with Gasteiger partial charge in [0.05, 0.1) is 12.0 Å². The zero-order valence-electron chi connectivity index (χ0n) is 25.2. The minimum atomic E-state index is -1.35. The van der Waals surface area contributed by atoms with Crippen molar-refractivity contribution in [1.29, 1.82) is 0 Å². The summed E-state index contributed by atoms with van der Waals surface area (Å²) >= 11 is 1.42. The molecule has 1 fully saturated rings. The maximum absolute atomic E-state index is 13.9. The van der Waals surface area contributed by atoms with Gasteiger partial charge in [-0.15, -0.1) is 11.8 Å². The van der Waals surface area contributed by atoms with Crippen molar-refractivity contribution in [3.05, 3.63) is 108 Å². The SMILES string of the molecule is CC(C)OC(=O)C(=O)[C@H](Cc1ccccc1)C(=O)N[C@H]1CSCN1C(=O)[C@H](Cc1ccccc1)NC(=O)OCc1ccccc1. The van der Waals surface area contributed by atoms with Gasteiger partial charge in [-0.3, -0.25) is 14.4 Å². The lowest BCUT2D eigenvalue weighted by molar-refractivity contribution is -0.160. The topological polar surface area (TPSA) is 131 Å². The third kappa shape index (κ3) is 9.94. The first-order valence-electron chi connectivity index (χ1n) is 14.7. The van der Waals surface area contributed by atoms with Crippen molar-refractivity contribution in [3.63, 3.8) is 0 Å². The van der Waals surface area contributed by atoms with Crippen LogP contribution in [0, 0.1) is 5.92 Å². The van der Waals surface area contributed by atoms with Gasteiger partial charge < -0.3 is 25.0 Å². The van der Waals surface area contributed by atoms with Gasteiger partial charge in [-0.25, -0.2) is 9.59 Å². The number of amides is 3. The van der Waals surface area contributed by atoms with Crippen LogP contribution < -0.4 is 10.6 Å². The number of nitrogens with zero attached hydrogens (tertiary/aromatic N) is 1. The molecule has 236 valence electrons. The first-order valence-corrected chi connectivity index (χ1v) is 15.8. The zero-order valence-corrected chi connectivity index (χ0v) is 26.0. The van der Waals surface area contributed by atoms with Crippen LogP contribution in [0.15, 0.2) is 91.0 Å². The monoisotopic (exact) mass is 631 g/mol. The molecule has 0 aromatic heterocycles. The molecule has 1 saturated heterocycles. The van der Waals surface area contributed by atoms with E-state index in [9.17, 15) is 24.0 Å². The Morgan fingerprint density at radius 1 is 0.822 bits per heavy atom. The largest absolute Gasteiger partial charge is 0.457 e. The van der Waals surface area contributed by atoms with Gasteiger partial charge in [0, 0.05) is 12.2 Å². The fourth-order valence-electron chi connectivity index (χ4n) is 4.77. The summed E-state index contributed by atoms with van der Waals surface area (Å²) in [6, 6.07) is 26.3. The van der Waals surface area contributed by atoms with Crippen LogP contribution in [-0.4, -0.2) is 64.5 Å². The van der Waals surface area contributed by atoms with Crippen LogP contribution in [0.1, 0.15) is 30.5 Å². The molecule has 0 saturated carbocycles. The number of alkyl carbamates (subject to hydrolysis) is 1. The molecule has 1 heterocycles. The van der Waals surface area contributed by atoms with Crippen LogP contribution in [0.2, 0.25) is 0 Å². The Morgan fingerprint density at radius 3 is 1.96 bits per heavy atom. The fourth-order valence-corrected chi connectivity index (χ4v) is 5.87. The lowest BCUT2D eigenvalue weighted by atomic mass is 9.94. The first-order chi connectivity index (χ1) is 21.7. The maximum atomic E-state index is 13.9. The standard InChI is InChI=1S/C34H37N3O7S/c1-23(2)44-33(41)30(38)27(18-24-12-6-3-7-13-24)31(39)36-29-21-45-22-37(29)32(40)28(19-25-14-8-4-9-15-25)35-34(42)43-20-26-16-10-5-11-17-26/h3-17,23,27-29H,18-22H2,1-2H3,(H,35,42)(H,36,39)/t27-,28-,29+/m0/s1. The summed E-state index contributed by atoms with van der Waals surface area (Å²) < 4.78 is 10.5. The highest BCUT2D eigenvalue weighted by Gasteiger charge is 2.39. The van der Waals surface area contributed by atoms with E-state index in [4.69, 9.17) is 9.47 Å². The second kappa shape index (κ2) is 16.4. The molecule has 3 atom stereocenters. The van der Waals surface area contributed by atoms with E-state index in [2.05, 4.69) is 10.6 Å². The summed E-state index contributed by atoms with van der Waals surface area (Å²) in [5.74, 6) is -3.90. The molecule has 45 heavy (non-hydrogen) atoms. The molecule has 0 unspecified atom stereocenters. The zero-order chi connectivity index (χ0) is 32.2. The Balaban J connectivity index is 1.49. The molecule has 3 aromatic carbocycles. The molecule has 3 aromatic rings. The van der Waals surface area contributed by atoms with Crippen molar-refractivity contribution < 1.29 is 33.4 Å². The average Bonchev–Trinajstić information content (AvgIpc) is 3.50. The molecule has 0 spiro atoms. The van der Waals surface area contributed by atoms with E-state index in [1.165, 1.54) is 16.7 Å². The van der Waals surface area contributed by atoms with E-state index in [1.807, 2.05) is 66.7 Å². The molecule has 10 nitrogen and oxygen atoms in total. The van der Waals surface area contributed by atoms with Gasteiger partial charge in [-0.2, -0.15) is 0 Å². The molecule has 0 bridgehead atoms. The predicted molar refractivity (Wildman–Crippen MR) is 170 cm³/mol. The highest BCUT2D eigenvalue weighted by molar-refractivity contribution is 7.99. The van der Waals surface area contributed by atoms with Crippen molar-refractivity contribution in [2.24, 2.45) is 5.92 Å². The Labute approximate surface area is 266 Å². The van der Waals surface area contributed by atoms with E-state index < -0.39 is 53.9 Å². The number of ether oxygens (including phenoxy) is 2. The van der Waals surface area contributed by atoms with Crippen molar-refractivity contribution in [3.8, 4) is 0 Å². The van der Waals surface area contributed by atoms with Crippen molar-refractivity contribution in [2.45, 2.75) is 51.6 Å². The summed E-state index contributed by atoms with van der Waals surface area (Å²) in [4.78, 5) is 67.5. The minimum absolute atomic E-state index is 0.0159. The van der Waals surface area contributed by atoms with Crippen LogP contribution in [0.3, 0.4) is 0 Å². The second-order valence-electron chi connectivity index (χ2n) is 10.8. The highest BCUT2D eigenvalue weighted by Crippen LogP contribution is 2.22. The fraction of sp³-hybridized carbons (Fsp3) is 0.324. The Bertz CT molecular complexity index is 1450. The summed E-state index contributed by atoms with van der Waals surface area (Å²) in [6.45, 7) is 3.27. The molecule has 11 heteroatoms. The number of Topliss-reactive ketones (excluding diaryl/α,β-unsaturated/α-hetero) is 1. The van der Waals surface area contributed by atoms with Gasteiger partial charge in [0.25, 0.3) is 5.78 Å². The Morgan fingerprint density at radius 2 is 1.38 bits per heavy atom. The normalized spacial score (nSPS) is 15.5. The third-order valence-corrected chi connectivity index (χ3v) is 8.03. The number of nitrogens with one attached hydrogen (secondary N) is 2. The number of carbonyl (C=O) groups excluding carboxylic acids is 5. The number of esters is 1. The van der Waals surface area contributed by atoms with Gasteiger partial charge in [0.15, 0.2) is 0 Å². The average molecular weight is 632 g/mol. The van der Waals surface area contributed by atoms with E-state index in [0.717, 1.165) is 11.1 Å². The van der Waals surface area contributed by atoms with E-state index in [-0.39, 0.29) is 25.3 Å². The second-order valence-corrected chi connectivity index (χ2v) is 11.8. The van der Waals surface area contributed by atoms with Gasteiger partial charge in [-0.05, 0) is 37.0 Å². The Kier molecular flexibility index (Phi) is 12.1. The van der Waals surface area contributed by atoms with E-state index >= 15 is 0 Å². The number of thioether (sulfide) groups is 1. The van der Waals surface area contributed by atoms with Gasteiger partial charge in [0.2, 0.25) is 11.8 Å². The molecule has 3 amide bonds. The molecule has 4 rings (SSSR count). The maximum Gasteiger partial charge on any atom is 0.408 e. The van der Waals surface area contributed by atoms with Crippen molar-refractivity contribution in [2.75, 3.05) is 11.6 Å². The predicted octanol–water partition coefficient (Wildman–Crippen LogP) is 3.88. The van der Waals surface area contributed by atoms with E-state index in [1.54, 1.807) is 38.1 Å². The molecular formula is C34H37N3O7S. The van der Waals surface area contributed by atoms with Crippen molar-refractivity contribution >= 4 is 41.4 Å². The smallest absolute Gasteiger partial charge is 0.408 e. The summed E-state index contributed by atoms with van der Waals surface area (Å²) in [7, 11) is 0. The number of ketones is 1. The van der Waals surface area contributed by atoms with Gasteiger partial charge in [0.1, 0.15) is 24.7 Å². The number of rotatable bonds is 13. The number of carbonyl (C=O) groups is 5. The van der Waals surface area contributed by atoms with Gasteiger partial charge in [-0.1, -0.05) is 91.0 Å². The highest BCUT2D eigenvalue weighted by atomic mass is 32.2. The molecule has 1 aliphatic rings. The number of hydrogen-bond donors (Lipinski definition) is 2. The van der Waals surface area contributed by atoms with Gasteiger partial charge >= 0.3 is 12.1 Å².